The van der Waals surface area contributed by atoms with Crippen LogP contribution in [0, 0.1) is 0 Å². The summed E-state index contributed by atoms with van der Waals surface area (Å²) < 4.78 is 5.62. The molecule has 1 aromatic rings. The molecule has 1 N–H and O–H groups in total. The quantitative estimate of drug-likeness (QED) is 0.678. The lowest BCUT2D eigenvalue weighted by Crippen LogP contribution is -2.34. The minimum Gasteiger partial charge on any atom is -0.492 e. The van der Waals surface area contributed by atoms with Gasteiger partial charge < -0.3 is 10.1 Å². The lowest BCUT2D eigenvalue weighted by Gasteiger charge is -2.19. The molecule has 0 aliphatic heterocycles. The van der Waals surface area contributed by atoms with Crippen LogP contribution in [0.25, 0.3) is 0 Å². The van der Waals surface area contributed by atoms with E-state index in [-0.39, 0.29) is 0 Å². The largest absolute Gasteiger partial charge is 0.492 e. The molecule has 1 aromatic carbocycles. The molecule has 0 saturated heterocycles. The number of rotatable bonds is 9. The van der Waals surface area contributed by atoms with E-state index in [0.717, 1.165) is 38.0 Å². The first kappa shape index (κ1) is 13.4. The average molecular weight is 248 g/mol. The predicted molar refractivity (Wildman–Crippen MR) is 75.1 cm³/mol. The lowest BCUT2D eigenvalue weighted by atomic mass is 10.3. The van der Waals surface area contributed by atoms with Crippen LogP contribution in [-0.2, 0) is 0 Å². The van der Waals surface area contributed by atoms with Gasteiger partial charge in [0.15, 0.2) is 0 Å². The van der Waals surface area contributed by atoms with Gasteiger partial charge in [-0.3, -0.25) is 4.90 Å². The highest BCUT2D eigenvalue weighted by atomic mass is 16.5. The second kappa shape index (κ2) is 7.39. The molecule has 3 heteroatoms. The predicted octanol–water partition coefficient (Wildman–Crippen LogP) is 2.14. The van der Waals surface area contributed by atoms with E-state index in [2.05, 4.69) is 17.1 Å². The SMILES string of the molecule is CCN(CCNCCOc1ccccc1)C1CC1. The summed E-state index contributed by atoms with van der Waals surface area (Å²) >= 11 is 0. The Morgan fingerprint density at radius 1 is 1.22 bits per heavy atom. The average Bonchev–Trinajstić information content (AvgIpc) is 3.24. The van der Waals surface area contributed by atoms with Crippen molar-refractivity contribution in [3.05, 3.63) is 30.3 Å². The second-order valence-electron chi connectivity index (χ2n) is 4.77. The minimum absolute atomic E-state index is 0.736. The van der Waals surface area contributed by atoms with Crippen LogP contribution in [0.15, 0.2) is 30.3 Å². The third kappa shape index (κ3) is 4.67. The zero-order valence-electron chi connectivity index (χ0n) is 11.3. The van der Waals surface area contributed by atoms with Crippen molar-refractivity contribution in [2.45, 2.75) is 25.8 Å². The fourth-order valence-corrected chi connectivity index (χ4v) is 2.14. The highest BCUT2D eigenvalue weighted by Gasteiger charge is 2.26. The van der Waals surface area contributed by atoms with Gasteiger partial charge >= 0.3 is 0 Å². The highest BCUT2D eigenvalue weighted by Crippen LogP contribution is 2.25. The van der Waals surface area contributed by atoms with Gasteiger partial charge in [-0.15, -0.1) is 0 Å². The zero-order valence-corrected chi connectivity index (χ0v) is 11.3. The maximum absolute atomic E-state index is 5.62. The van der Waals surface area contributed by atoms with Gasteiger partial charge in [0.2, 0.25) is 0 Å². The van der Waals surface area contributed by atoms with E-state index in [0.29, 0.717) is 0 Å². The Morgan fingerprint density at radius 3 is 2.67 bits per heavy atom. The molecular formula is C15H24N2O. The van der Waals surface area contributed by atoms with Crippen LogP contribution in [0.3, 0.4) is 0 Å². The number of hydrogen-bond donors (Lipinski definition) is 1. The normalized spacial score (nSPS) is 15.0. The third-order valence-electron chi connectivity index (χ3n) is 3.34. The van der Waals surface area contributed by atoms with Crippen molar-refractivity contribution in [1.29, 1.82) is 0 Å². The van der Waals surface area contributed by atoms with Gasteiger partial charge in [0.1, 0.15) is 12.4 Å². The second-order valence-corrected chi connectivity index (χ2v) is 4.77. The first-order valence-corrected chi connectivity index (χ1v) is 7.02. The molecule has 18 heavy (non-hydrogen) atoms. The summed E-state index contributed by atoms with van der Waals surface area (Å²) in [4.78, 5) is 2.56. The molecular weight excluding hydrogens is 224 g/mol. The van der Waals surface area contributed by atoms with Gasteiger partial charge in [-0.1, -0.05) is 25.1 Å². The van der Waals surface area contributed by atoms with Crippen molar-refractivity contribution in [2.24, 2.45) is 0 Å². The standard InChI is InChI=1S/C15H24N2O/c1-2-17(14-8-9-14)12-10-16-11-13-18-15-6-4-3-5-7-15/h3-7,14,16H,2,8-13H2,1H3. The molecule has 100 valence electrons. The van der Waals surface area contributed by atoms with Crippen molar-refractivity contribution in [3.63, 3.8) is 0 Å². The summed E-state index contributed by atoms with van der Waals surface area (Å²) in [7, 11) is 0. The summed E-state index contributed by atoms with van der Waals surface area (Å²) in [6.07, 6.45) is 2.79. The van der Waals surface area contributed by atoms with Crippen molar-refractivity contribution < 1.29 is 4.74 Å². The number of para-hydroxylation sites is 1. The smallest absolute Gasteiger partial charge is 0.119 e. The first-order valence-electron chi connectivity index (χ1n) is 7.02. The maximum atomic E-state index is 5.62. The molecule has 0 amide bonds. The third-order valence-corrected chi connectivity index (χ3v) is 3.34. The van der Waals surface area contributed by atoms with Crippen LogP contribution in [0.5, 0.6) is 5.75 Å². The molecule has 1 aliphatic rings. The number of nitrogens with one attached hydrogen (secondary N) is 1. The van der Waals surface area contributed by atoms with Crippen molar-refractivity contribution in [3.8, 4) is 5.75 Å². The van der Waals surface area contributed by atoms with E-state index in [1.165, 1.54) is 19.4 Å². The van der Waals surface area contributed by atoms with Crippen LogP contribution in [0.4, 0.5) is 0 Å². The molecule has 1 saturated carbocycles. The Morgan fingerprint density at radius 2 is 2.00 bits per heavy atom. The monoisotopic (exact) mass is 248 g/mol. The summed E-state index contributed by atoms with van der Waals surface area (Å²) in [6, 6.07) is 10.9. The first-order chi connectivity index (χ1) is 8.90. The van der Waals surface area contributed by atoms with E-state index in [1.807, 2.05) is 30.3 Å². The van der Waals surface area contributed by atoms with Crippen LogP contribution < -0.4 is 10.1 Å². The number of benzene rings is 1. The molecule has 0 heterocycles. The van der Waals surface area contributed by atoms with Crippen molar-refractivity contribution >= 4 is 0 Å². The summed E-state index contributed by atoms with van der Waals surface area (Å²) in [5.74, 6) is 0.951. The molecule has 0 bridgehead atoms. The molecule has 0 unspecified atom stereocenters. The van der Waals surface area contributed by atoms with Gasteiger partial charge in [0.05, 0.1) is 0 Å². The highest BCUT2D eigenvalue weighted by molar-refractivity contribution is 5.20. The number of hydrogen-bond acceptors (Lipinski definition) is 3. The number of ether oxygens (including phenoxy) is 1. The lowest BCUT2D eigenvalue weighted by molar-refractivity contribution is 0.268. The van der Waals surface area contributed by atoms with E-state index in [1.54, 1.807) is 0 Å². The molecule has 2 rings (SSSR count). The van der Waals surface area contributed by atoms with Gasteiger partial charge in [0.25, 0.3) is 0 Å². The summed E-state index contributed by atoms with van der Waals surface area (Å²) in [5, 5.41) is 3.44. The van der Waals surface area contributed by atoms with Gasteiger partial charge in [0, 0.05) is 25.7 Å². The summed E-state index contributed by atoms with van der Waals surface area (Å²) in [5.41, 5.74) is 0. The van der Waals surface area contributed by atoms with Crippen molar-refractivity contribution in [1.82, 2.24) is 10.2 Å². The molecule has 1 aliphatic carbocycles. The van der Waals surface area contributed by atoms with Gasteiger partial charge in [-0.25, -0.2) is 0 Å². The van der Waals surface area contributed by atoms with Crippen LogP contribution >= 0.6 is 0 Å². The van der Waals surface area contributed by atoms with E-state index >= 15 is 0 Å². The van der Waals surface area contributed by atoms with E-state index < -0.39 is 0 Å². The van der Waals surface area contributed by atoms with Crippen molar-refractivity contribution in [2.75, 3.05) is 32.8 Å². The van der Waals surface area contributed by atoms with E-state index in [4.69, 9.17) is 4.74 Å². The Hall–Kier alpha value is -1.06. The Kier molecular flexibility index (Phi) is 5.49. The fraction of sp³-hybridized carbons (Fsp3) is 0.600. The molecule has 0 radical (unpaired) electrons. The zero-order chi connectivity index (χ0) is 12.6. The fourth-order valence-electron chi connectivity index (χ4n) is 2.14. The van der Waals surface area contributed by atoms with Crippen LogP contribution in [0.1, 0.15) is 19.8 Å². The van der Waals surface area contributed by atoms with Gasteiger partial charge in [-0.05, 0) is 31.5 Å². The molecule has 0 atom stereocenters. The number of nitrogens with zero attached hydrogens (tertiary/aromatic N) is 1. The van der Waals surface area contributed by atoms with Gasteiger partial charge in [-0.2, -0.15) is 0 Å². The topological polar surface area (TPSA) is 24.5 Å². The molecule has 3 nitrogen and oxygen atoms in total. The van der Waals surface area contributed by atoms with Crippen LogP contribution in [0.2, 0.25) is 0 Å². The maximum Gasteiger partial charge on any atom is 0.119 e. The molecule has 0 spiro atoms. The summed E-state index contributed by atoms with van der Waals surface area (Å²) in [6.45, 7) is 7.29. The van der Waals surface area contributed by atoms with E-state index in [9.17, 15) is 0 Å². The minimum atomic E-state index is 0.736. The Balaban J connectivity index is 1.48. The molecule has 0 aromatic heterocycles. The Labute approximate surface area is 110 Å². The molecule has 1 fully saturated rings. The number of likely N-dealkylation sites (N-methyl/N-ethyl adjacent to an activating group) is 1. The Bertz CT molecular complexity index is 325. The van der Waals surface area contributed by atoms with Crippen LogP contribution in [-0.4, -0.2) is 43.7 Å².